The Balaban J connectivity index is 1.86. The number of ether oxygens (including phenoxy) is 3. The number of nitrogens with one attached hydrogen (secondary N) is 1. The van der Waals surface area contributed by atoms with E-state index in [0.29, 0.717) is 44.6 Å². The average Bonchev–Trinajstić information content (AvgIpc) is 3.47. The molecule has 4 unspecified atom stereocenters. The summed E-state index contributed by atoms with van der Waals surface area (Å²) in [4.78, 5) is 24.5. The van der Waals surface area contributed by atoms with Crippen LogP contribution in [0.4, 0.5) is 4.79 Å². The van der Waals surface area contributed by atoms with Crippen molar-refractivity contribution in [1.82, 2.24) is 9.62 Å². The van der Waals surface area contributed by atoms with E-state index in [1.54, 1.807) is 12.1 Å². The first-order valence-electron chi connectivity index (χ1n) is 14.0. The fraction of sp³-hybridized carbons (Fsp3) is 0.533. The molecule has 0 aromatic heterocycles. The minimum atomic E-state index is -4.05. The second-order valence-corrected chi connectivity index (χ2v) is 12.3. The van der Waals surface area contributed by atoms with Gasteiger partial charge < -0.3 is 29.4 Å². The van der Waals surface area contributed by atoms with Crippen LogP contribution in [0.3, 0.4) is 0 Å². The van der Waals surface area contributed by atoms with Gasteiger partial charge in [0.1, 0.15) is 17.6 Å². The van der Waals surface area contributed by atoms with E-state index >= 15 is 0 Å². The van der Waals surface area contributed by atoms with Gasteiger partial charge in [-0.1, -0.05) is 43.7 Å². The maximum absolute atomic E-state index is 13.9. The van der Waals surface area contributed by atoms with Gasteiger partial charge in [-0.3, -0.25) is 0 Å². The van der Waals surface area contributed by atoms with Gasteiger partial charge in [-0.15, -0.1) is 0 Å². The molecule has 0 aliphatic carbocycles. The third kappa shape index (κ3) is 10.1. The van der Waals surface area contributed by atoms with Crippen LogP contribution in [0.5, 0.6) is 5.75 Å². The topological polar surface area (TPSA) is 131 Å². The molecule has 0 radical (unpaired) electrons. The van der Waals surface area contributed by atoms with E-state index in [4.69, 9.17) is 14.2 Å². The van der Waals surface area contributed by atoms with E-state index < -0.39 is 28.3 Å². The van der Waals surface area contributed by atoms with Gasteiger partial charge in [0.25, 0.3) is 0 Å². The number of ketones is 1. The van der Waals surface area contributed by atoms with Crippen molar-refractivity contribution in [2.24, 2.45) is 5.92 Å². The monoisotopic (exact) mass is 590 g/mol. The highest BCUT2D eigenvalue weighted by Gasteiger charge is 2.33. The van der Waals surface area contributed by atoms with Crippen LogP contribution in [0.15, 0.2) is 59.5 Å². The largest absolute Gasteiger partial charge is 0.497 e. The Morgan fingerprint density at radius 3 is 2.41 bits per heavy atom. The van der Waals surface area contributed by atoms with E-state index in [1.807, 2.05) is 37.3 Å². The molecule has 1 saturated heterocycles. The summed E-state index contributed by atoms with van der Waals surface area (Å²) in [6, 6.07) is 14.5. The molecule has 1 aliphatic heterocycles. The van der Waals surface area contributed by atoms with Gasteiger partial charge in [0.05, 0.1) is 37.4 Å². The summed E-state index contributed by atoms with van der Waals surface area (Å²) in [5.74, 6) is 0.445. The fourth-order valence-electron chi connectivity index (χ4n) is 4.72. The summed E-state index contributed by atoms with van der Waals surface area (Å²) in [5.41, 5.74) is 0.860. The number of carbonyl (C=O) groups is 2. The Morgan fingerprint density at radius 2 is 1.83 bits per heavy atom. The van der Waals surface area contributed by atoms with Crippen LogP contribution >= 0.6 is 0 Å². The van der Waals surface area contributed by atoms with Gasteiger partial charge in [0.2, 0.25) is 10.0 Å². The maximum Gasteiger partial charge on any atom is 0.407 e. The Morgan fingerprint density at radius 1 is 1.12 bits per heavy atom. The van der Waals surface area contributed by atoms with Crippen LogP contribution in [0.1, 0.15) is 45.1 Å². The molecule has 11 heteroatoms. The summed E-state index contributed by atoms with van der Waals surface area (Å²) in [6.07, 6.45) is 0.0355. The van der Waals surface area contributed by atoms with Gasteiger partial charge in [-0.2, -0.15) is 4.31 Å². The molecule has 3 rings (SSSR count). The van der Waals surface area contributed by atoms with E-state index in [0.717, 1.165) is 5.56 Å². The van der Waals surface area contributed by atoms with Gasteiger partial charge >= 0.3 is 6.09 Å². The zero-order chi connectivity index (χ0) is 29.8. The average molecular weight is 591 g/mol. The SMILES string of the molecule is CCC(CCC(C)=O)CN(CC(O)C(Cc1ccccc1)NC(=O)OC1CCOC1)S(=O)(=O)c1ccc(OC)cc1. The third-order valence-corrected chi connectivity index (χ3v) is 9.11. The predicted molar refractivity (Wildman–Crippen MR) is 154 cm³/mol. The smallest absolute Gasteiger partial charge is 0.407 e. The van der Waals surface area contributed by atoms with Crippen LogP contribution in [0.2, 0.25) is 0 Å². The second-order valence-electron chi connectivity index (χ2n) is 10.4. The number of methoxy groups -OCH3 is 1. The number of aliphatic hydroxyl groups excluding tert-OH is 1. The molecule has 2 N–H and O–H groups in total. The molecule has 1 heterocycles. The molecule has 1 fully saturated rings. The lowest BCUT2D eigenvalue weighted by atomic mass is 9.98. The van der Waals surface area contributed by atoms with Crippen molar-refractivity contribution < 1.29 is 37.3 Å². The van der Waals surface area contributed by atoms with Crippen molar-refractivity contribution in [3.8, 4) is 5.75 Å². The van der Waals surface area contributed by atoms with E-state index in [-0.39, 0.29) is 42.2 Å². The van der Waals surface area contributed by atoms with Gasteiger partial charge in [-0.25, -0.2) is 13.2 Å². The summed E-state index contributed by atoms with van der Waals surface area (Å²) in [7, 11) is -2.55. The molecule has 2 aromatic carbocycles. The van der Waals surface area contributed by atoms with Gasteiger partial charge in [0, 0.05) is 25.9 Å². The highest BCUT2D eigenvalue weighted by molar-refractivity contribution is 7.89. The molecule has 4 atom stereocenters. The van der Waals surface area contributed by atoms with Crippen molar-refractivity contribution in [3.05, 3.63) is 60.2 Å². The Kier molecular flexibility index (Phi) is 12.6. The molecule has 2 aromatic rings. The summed E-state index contributed by atoms with van der Waals surface area (Å²) in [5, 5.41) is 14.2. The van der Waals surface area contributed by atoms with Crippen LogP contribution in [0, 0.1) is 5.92 Å². The number of nitrogens with zero attached hydrogens (tertiary/aromatic N) is 1. The number of carbonyl (C=O) groups excluding carboxylic acids is 2. The molecular formula is C30H42N2O8S. The third-order valence-electron chi connectivity index (χ3n) is 7.26. The van der Waals surface area contributed by atoms with Crippen LogP contribution in [0.25, 0.3) is 0 Å². The van der Waals surface area contributed by atoms with Gasteiger partial charge in [0.15, 0.2) is 0 Å². The number of aliphatic hydroxyl groups is 1. The highest BCUT2D eigenvalue weighted by atomic mass is 32.2. The molecule has 1 amide bonds. The van der Waals surface area contributed by atoms with Crippen molar-refractivity contribution in [3.63, 3.8) is 0 Å². The lowest BCUT2D eigenvalue weighted by molar-refractivity contribution is -0.117. The Bertz CT molecular complexity index is 1200. The number of Topliss-reactive ketones (excluding diaryl/α,β-unsaturated/α-hetero) is 1. The molecule has 0 saturated carbocycles. The summed E-state index contributed by atoms with van der Waals surface area (Å²) < 4.78 is 44.9. The minimum Gasteiger partial charge on any atom is -0.497 e. The Labute approximate surface area is 243 Å². The molecule has 226 valence electrons. The fourth-order valence-corrected chi connectivity index (χ4v) is 6.25. The number of alkyl carbamates (subject to hydrolysis) is 1. The summed E-state index contributed by atoms with van der Waals surface area (Å²) >= 11 is 0. The van der Waals surface area contributed by atoms with Gasteiger partial charge in [-0.05, 0) is 55.5 Å². The predicted octanol–water partition coefficient (Wildman–Crippen LogP) is 3.57. The van der Waals surface area contributed by atoms with E-state index in [2.05, 4.69) is 5.32 Å². The molecule has 0 spiro atoms. The molecular weight excluding hydrogens is 548 g/mol. The molecule has 41 heavy (non-hydrogen) atoms. The van der Waals surface area contributed by atoms with Crippen molar-refractivity contribution >= 4 is 21.9 Å². The van der Waals surface area contributed by atoms with Crippen molar-refractivity contribution in [1.29, 1.82) is 0 Å². The maximum atomic E-state index is 13.9. The Hall–Kier alpha value is -2.99. The number of amides is 1. The standard InChI is InChI=1S/C30H42N2O8S/c1-4-23(11-10-22(2)33)19-32(41(36,37)27-14-12-25(38-3)13-15-27)20-29(34)28(18-24-8-6-5-7-9-24)31-30(35)40-26-16-17-39-21-26/h5-9,12-15,23,26,28-29,34H,4,10-11,16-21H2,1-3H3,(H,31,35). The highest BCUT2D eigenvalue weighted by Crippen LogP contribution is 2.24. The normalized spacial score (nSPS) is 17.5. The zero-order valence-electron chi connectivity index (χ0n) is 24.0. The number of rotatable bonds is 16. The molecule has 10 nitrogen and oxygen atoms in total. The van der Waals surface area contributed by atoms with E-state index in [9.17, 15) is 23.1 Å². The first-order valence-corrected chi connectivity index (χ1v) is 15.5. The van der Waals surface area contributed by atoms with Crippen LogP contribution < -0.4 is 10.1 Å². The lowest BCUT2D eigenvalue weighted by Crippen LogP contribution is -2.51. The number of hydrogen-bond acceptors (Lipinski definition) is 8. The number of hydrogen-bond donors (Lipinski definition) is 2. The number of benzene rings is 2. The van der Waals surface area contributed by atoms with Crippen molar-refractivity contribution in [2.75, 3.05) is 33.4 Å². The van der Waals surface area contributed by atoms with E-state index in [1.165, 1.54) is 30.5 Å². The van der Waals surface area contributed by atoms with Crippen molar-refractivity contribution in [2.45, 2.75) is 69.1 Å². The first kappa shape index (κ1) is 32.5. The number of sulfonamides is 1. The zero-order valence-corrected chi connectivity index (χ0v) is 24.8. The lowest BCUT2D eigenvalue weighted by Gasteiger charge is -2.32. The molecule has 0 bridgehead atoms. The quantitative estimate of drug-likeness (QED) is 0.303. The second kappa shape index (κ2) is 15.9. The molecule has 1 aliphatic rings. The summed E-state index contributed by atoms with van der Waals surface area (Å²) in [6.45, 7) is 4.12. The minimum absolute atomic E-state index is 0.0337. The first-order chi connectivity index (χ1) is 19.6. The van der Waals surface area contributed by atoms with Crippen LogP contribution in [-0.4, -0.2) is 81.4 Å². The van der Waals surface area contributed by atoms with Crippen LogP contribution in [-0.2, 0) is 30.7 Å².